The number of halogens is 1. The monoisotopic (exact) mass is 447 g/mol. The molecule has 2 aromatic carbocycles. The highest BCUT2D eigenvalue weighted by Crippen LogP contribution is 2.15. The van der Waals surface area contributed by atoms with Crippen LogP contribution in [0, 0.1) is 0 Å². The van der Waals surface area contributed by atoms with E-state index in [4.69, 9.17) is 5.14 Å². The summed E-state index contributed by atoms with van der Waals surface area (Å²) < 4.78 is 49.3. The van der Waals surface area contributed by atoms with Gasteiger partial charge in [0.05, 0.1) is 16.3 Å². The number of rotatable bonds is 6. The lowest BCUT2D eigenvalue weighted by Crippen LogP contribution is -2.32. The van der Waals surface area contributed by atoms with Crippen LogP contribution in [0.1, 0.15) is 0 Å². The number of sulfonamides is 2. The van der Waals surface area contributed by atoms with E-state index in [-0.39, 0.29) is 9.79 Å². The van der Waals surface area contributed by atoms with E-state index < -0.39 is 32.5 Å². The van der Waals surface area contributed by atoms with Crippen LogP contribution in [0.5, 0.6) is 0 Å². The fourth-order valence-electron chi connectivity index (χ4n) is 1.79. The lowest BCUT2D eigenvalue weighted by atomic mass is 10.3. The molecule has 0 fully saturated rings. The second-order valence-corrected chi connectivity index (χ2v) is 9.14. The first-order valence-electron chi connectivity index (χ1n) is 6.76. The first-order chi connectivity index (χ1) is 11.6. The van der Waals surface area contributed by atoms with Crippen molar-refractivity contribution in [1.29, 1.82) is 0 Å². The summed E-state index contributed by atoms with van der Waals surface area (Å²) in [4.78, 5) is 11.8. The van der Waals surface area contributed by atoms with Crippen molar-refractivity contribution in [3.05, 3.63) is 53.0 Å². The van der Waals surface area contributed by atoms with E-state index >= 15 is 0 Å². The zero-order chi connectivity index (χ0) is 18.7. The highest BCUT2D eigenvalue weighted by molar-refractivity contribution is 9.10. The van der Waals surface area contributed by atoms with Crippen molar-refractivity contribution in [2.24, 2.45) is 5.14 Å². The number of nitrogens with one attached hydrogen (secondary N) is 2. The van der Waals surface area contributed by atoms with Gasteiger partial charge in [-0.15, -0.1) is 0 Å². The number of primary sulfonamides is 1. The topological polar surface area (TPSA) is 135 Å². The summed E-state index contributed by atoms with van der Waals surface area (Å²) in [7, 11) is -7.64. The lowest BCUT2D eigenvalue weighted by Gasteiger charge is -2.08. The van der Waals surface area contributed by atoms with E-state index in [0.717, 1.165) is 4.47 Å². The Kier molecular flexibility index (Phi) is 5.95. The molecule has 4 N–H and O–H groups in total. The van der Waals surface area contributed by atoms with E-state index in [1.54, 1.807) is 12.1 Å². The van der Waals surface area contributed by atoms with Gasteiger partial charge in [-0.25, -0.2) is 26.7 Å². The molecule has 0 saturated carbocycles. The molecule has 8 nitrogen and oxygen atoms in total. The fraction of sp³-hybridized carbons (Fsp3) is 0.0714. The van der Waals surface area contributed by atoms with E-state index in [9.17, 15) is 21.6 Å². The first-order valence-corrected chi connectivity index (χ1v) is 10.6. The van der Waals surface area contributed by atoms with Crippen LogP contribution < -0.4 is 15.2 Å². The molecule has 134 valence electrons. The number of benzene rings is 2. The van der Waals surface area contributed by atoms with Gasteiger partial charge in [0.25, 0.3) is 0 Å². The number of nitrogens with two attached hydrogens (primary N) is 1. The van der Waals surface area contributed by atoms with Crippen LogP contribution in [-0.2, 0) is 24.8 Å². The minimum atomic E-state index is -3.82. The molecule has 0 bridgehead atoms. The number of carbonyl (C=O) groups is 1. The Morgan fingerprint density at radius 1 is 0.920 bits per heavy atom. The summed E-state index contributed by atoms with van der Waals surface area (Å²) in [6.07, 6.45) is 0. The summed E-state index contributed by atoms with van der Waals surface area (Å²) in [6, 6.07) is 11.1. The van der Waals surface area contributed by atoms with Gasteiger partial charge >= 0.3 is 0 Å². The van der Waals surface area contributed by atoms with Gasteiger partial charge in [-0.3, -0.25) is 4.79 Å². The predicted molar refractivity (Wildman–Crippen MR) is 95.8 cm³/mol. The van der Waals surface area contributed by atoms with Gasteiger partial charge in [0, 0.05) is 10.2 Å². The van der Waals surface area contributed by atoms with Gasteiger partial charge < -0.3 is 5.32 Å². The first kappa shape index (κ1) is 19.5. The number of hydrogen-bond acceptors (Lipinski definition) is 5. The Balaban J connectivity index is 1.97. The van der Waals surface area contributed by atoms with Crippen LogP contribution >= 0.6 is 15.9 Å². The molecule has 25 heavy (non-hydrogen) atoms. The molecule has 0 radical (unpaired) electrons. The van der Waals surface area contributed by atoms with Crippen molar-refractivity contribution in [3.63, 3.8) is 0 Å². The third-order valence-electron chi connectivity index (χ3n) is 3.01. The fourth-order valence-corrected chi connectivity index (χ4v) is 3.55. The summed E-state index contributed by atoms with van der Waals surface area (Å²) in [5.41, 5.74) is 0.306. The largest absolute Gasteiger partial charge is 0.325 e. The second kappa shape index (κ2) is 7.62. The molecule has 2 aromatic rings. The van der Waals surface area contributed by atoms with Gasteiger partial charge in [-0.05, 0) is 48.5 Å². The molecular formula is C14H14BrN3O5S2. The van der Waals surface area contributed by atoms with Crippen LogP contribution in [0.25, 0.3) is 0 Å². The maximum atomic E-state index is 12.1. The van der Waals surface area contributed by atoms with Gasteiger partial charge in [-0.1, -0.05) is 15.9 Å². The van der Waals surface area contributed by atoms with Crippen LogP contribution in [0.4, 0.5) is 5.69 Å². The van der Waals surface area contributed by atoms with E-state index in [2.05, 4.69) is 26.0 Å². The molecule has 0 unspecified atom stereocenters. The van der Waals surface area contributed by atoms with Crippen molar-refractivity contribution < 1.29 is 21.6 Å². The number of anilines is 1. The average Bonchev–Trinajstić information content (AvgIpc) is 2.53. The third kappa shape index (κ3) is 5.61. The number of hydrogen-bond donors (Lipinski definition) is 3. The van der Waals surface area contributed by atoms with E-state index in [1.165, 1.54) is 36.4 Å². The van der Waals surface area contributed by atoms with Crippen molar-refractivity contribution >= 4 is 47.6 Å². The van der Waals surface area contributed by atoms with Crippen molar-refractivity contribution in [1.82, 2.24) is 4.72 Å². The molecule has 2 rings (SSSR count). The van der Waals surface area contributed by atoms with Crippen molar-refractivity contribution in [2.45, 2.75) is 9.79 Å². The maximum Gasteiger partial charge on any atom is 0.241 e. The molecule has 0 spiro atoms. The Labute approximate surface area is 153 Å². The highest BCUT2D eigenvalue weighted by atomic mass is 79.9. The third-order valence-corrected chi connectivity index (χ3v) is 5.89. The minimum absolute atomic E-state index is 0.0287. The Morgan fingerprint density at radius 2 is 1.44 bits per heavy atom. The van der Waals surface area contributed by atoms with Crippen molar-refractivity contribution in [3.8, 4) is 0 Å². The maximum absolute atomic E-state index is 12.1. The molecular weight excluding hydrogens is 434 g/mol. The molecule has 0 aromatic heterocycles. The smallest absolute Gasteiger partial charge is 0.241 e. The second-order valence-electron chi connectivity index (χ2n) is 4.90. The summed E-state index contributed by atoms with van der Waals surface area (Å²) in [5.74, 6) is -0.607. The normalized spacial score (nSPS) is 11.9. The molecule has 11 heteroatoms. The van der Waals surface area contributed by atoms with Crippen LogP contribution in [0.2, 0.25) is 0 Å². The molecule has 0 atom stereocenters. The predicted octanol–water partition coefficient (Wildman–Crippen LogP) is 1.01. The molecule has 1 amide bonds. The Hall–Kier alpha value is -1.79. The summed E-state index contributed by atoms with van der Waals surface area (Å²) in [6.45, 7) is -0.477. The van der Waals surface area contributed by atoms with Crippen LogP contribution in [0.3, 0.4) is 0 Å². The molecule has 0 heterocycles. The minimum Gasteiger partial charge on any atom is -0.325 e. The van der Waals surface area contributed by atoms with Gasteiger partial charge in [-0.2, -0.15) is 0 Å². The molecule has 0 aliphatic rings. The lowest BCUT2D eigenvalue weighted by molar-refractivity contribution is -0.115. The zero-order valence-electron chi connectivity index (χ0n) is 12.6. The highest BCUT2D eigenvalue weighted by Gasteiger charge is 2.15. The SMILES string of the molecule is NS(=O)(=O)c1ccc(NC(=O)CNS(=O)(=O)c2ccc(Br)cc2)cc1. The van der Waals surface area contributed by atoms with Gasteiger partial charge in [0.15, 0.2) is 0 Å². The Morgan fingerprint density at radius 3 is 1.96 bits per heavy atom. The van der Waals surface area contributed by atoms with Gasteiger partial charge in [0.1, 0.15) is 0 Å². The van der Waals surface area contributed by atoms with Crippen LogP contribution in [-0.4, -0.2) is 29.3 Å². The summed E-state index contributed by atoms with van der Waals surface area (Å²) >= 11 is 3.20. The molecule has 0 aliphatic heterocycles. The number of carbonyl (C=O) groups excluding carboxylic acids is 1. The van der Waals surface area contributed by atoms with E-state index in [0.29, 0.717) is 5.69 Å². The van der Waals surface area contributed by atoms with E-state index in [1.807, 2.05) is 0 Å². The van der Waals surface area contributed by atoms with Gasteiger partial charge in [0.2, 0.25) is 26.0 Å². The average molecular weight is 448 g/mol. The molecule has 0 saturated heterocycles. The molecule has 0 aliphatic carbocycles. The van der Waals surface area contributed by atoms with Crippen molar-refractivity contribution in [2.75, 3.05) is 11.9 Å². The number of amides is 1. The Bertz CT molecular complexity index is 972. The summed E-state index contributed by atoms with van der Waals surface area (Å²) in [5, 5.41) is 7.42. The zero-order valence-corrected chi connectivity index (χ0v) is 15.9. The quantitative estimate of drug-likeness (QED) is 0.606. The standard InChI is InChI=1S/C14H14BrN3O5S2/c15-10-1-5-13(6-2-10)25(22,23)17-9-14(19)18-11-3-7-12(8-4-11)24(16,20)21/h1-8,17H,9H2,(H,18,19)(H2,16,20,21). The van der Waals surface area contributed by atoms with Crippen LogP contribution in [0.15, 0.2) is 62.8 Å².